The van der Waals surface area contributed by atoms with Crippen molar-refractivity contribution in [3.63, 3.8) is 0 Å². The monoisotopic (exact) mass is 448 g/mol. The van der Waals surface area contributed by atoms with Crippen molar-refractivity contribution in [2.75, 3.05) is 0 Å². The van der Waals surface area contributed by atoms with E-state index in [2.05, 4.69) is 98.7 Å². The average Bonchev–Trinajstić information content (AvgIpc) is 3.45. The minimum atomic E-state index is -0.577. The zero-order valence-corrected chi connectivity index (χ0v) is 18.4. The van der Waals surface area contributed by atoms with Crippen LogP contribution in [0.4, 0.5) is 0 Å². The van der Waals surface area contributed by atoms with Crippen molar-refractivity contribution in [2.24, 2.45) is 0 Å². The van der Waals surface area contributed by atoms with Gasteiger partial charge >= 0.3 is 11.3 Å². The quantitative estimate of drug-likeness (QED) is 0.240. The molecule has 0 amide bonds. The summed E-state index contributed by atoms with van der Waals surface area (Å²) in [6, 6.07) is 28.1. The molecule has 7 aromatic rings. The third kappa shape index (κ3) is 1.55. The van der Waals surface area contributed by atoms with E-state index >= 15 is 0 Å². The second-order valence-electron chi connectivity index (χ2n) is 9.67. The number of pyridine rings is 4. The molecule has 0 fully saturated rings. The second kappa shape index (κ2) is 5.15. The average molecular weight is 448 g/mol. The Morgan fingerprint density at radius 2 is 1.71 bits per heavy atom. The van der Waals surface area contributed by atoms with Crippen LogP contribution in [-0.2, 0) is 5.66 Å². The molecule has 0 radical (unpaired) electrons. The van der Waals surface area contributed by atoms with Gasteiger partial charge in [0.05, 0.1) is 17.1 Å². The van der Waals surface area contributed by atoms with Crippen LogP contribution in [-0.4, -0.2) is 9.38 Å². The van der Waals surface area contributed by atoms with Gasteiger partial charge in [-0.25, -0.2) is 0 Å². The van der Waals surface area contributed by atoms with E-state index in [1.165, 1.54) is 49.7 Å². The Labute approximate surface area is 198 Å². The van der Waals surface area contributed by atoms with E-state index in [4.69, 9.17) is 9.72 Å². The fourth-order valence-corrected chi connectivity index (χ4v) is 7.10. The molecule has 0 saturated heterocycles. The summed E-state index contributed by atoms with van der Waals surface area (Å²) in [5.41, 5.74) is 8.75. The van der Waals surface area contributed by atoms with Gasteiger partial charge in [0.15, 0.2) is 22.8 Å². The van der Waals surface area contributed by atoms with Crippen molar-refractivity contribution < 1.29 is 13.9 Å². The molecular weight excluding hydrogens is 432 g/mol. The number of fused-ring (bicyclic) bond motifs is 5. The molecule has 0 aliphatic carbocycles. The Balaban J connectivity index is 1.61. The number of rotatable bonds is 0. The van der Waals surface area contributed by atoms with Crippen LogP contribution in [0.15, 0.2) is 97.5 Å². The molecule has 35 heavy (non-hydrogen) atoms. The lowest BCUT2D eigenvalue weighted by atomic mass is 9.83. The number of hydrogen-bond donors (Lipinski definition) is 0. The van der Waals surface area contributed by atoms with E-state index < -0.39 is 5.66 Å². The molecule has 8 heterocycles. The summed E-state index contributed by atoms with van der Waals surface area (Å²) in [5.74, 6) is 1.82. The summed E-state index contributed by atoms with van der Waals surface area (Å²) < 4.78 is 14.0. The zero-order valence-electron chi connectivity index (χ0n) is 18.4. The number of aromatic nitrogens is 4. The zero-order chi connectivity index (χ0) is 22.5. The van der Waals surface area contributed by atoms with E-state index in [0.717, 1.165) is 22.5 Å². The van der Waals surface area contributed by atoms with Crippen molar-refractivity contribution in [3.05, 3.63) is 109 Å². The van der Waals surface area contributed by atoms with Gasteiger partial charge in [0.2, 0.25) is 5.69 Å². The van der Waals surface area contributed by atoms with Crippen molar-refractivity contribution >= 4 is 38.4 Å². The molecule has 1 unspecified atom stereocenters. The van der Waals surface area contributed by atoms with Crippen LogP contribution in [0.1, 0.15) is 11.1 Å². The van der Waals surface area contributed by atoms with Crippen molar-refractivity contribution in [2.45, 2.75) is 5.66 Å². The van der Waals surface area contributed by atoms with Gasteiger partial charge in [0.1, 0.15) is 22.6 Å². The Morgan fingerprint density at radius 3 is 2.71 bits per heavy atom. The molecule has 0 saturated carbocycles. The molecule has 5 aromatic heterocycles. The SMILES string of the molecule is c1cc2c3c(c1)-c1cccc[n+]1C31c3c(ccc4c5cccnc5c5cc6ccc[n+]1c6n5c34)O2. The van der Waals surface area contributed by atoms with Gasteiger partial charge in [-0.3, -0.25) is 4.98 Å². The van der Waals surface area contributed by atoms with Crippen LogP contribution >= 0.6 is 0 Å². The Bertz CT molecular complexity index is 2160. The normalized spacial score (nSPS) is 18.1. The standard InChI is InChI=1S/C30H16N4O/c1-2-14-32-21(9-1)20-7-3-10-23-25(20)30(32)26-24(35-23)12-11-19-18-8-4-13-31-27(18)22-16-17-6-5-15-33(30)29(17)34(22)28(19)26/h1-16H/q+2. The van der Waals surface area contributed by atoms with Crippen molar-refractivity contribution in [1.29, 1.82) is 0 Å². The summed E-state index contributed by atoms with van der Waals surface area (Å²) >= 11 is 0. The van der Waals surface area contributed by atoms with Crippen LogP contribution in [0.5, 0.6) is 11.5 Å². The summed E-state index contributed by atoms with van der Waals surface area (Å²) in [5, 5.41) is 3.56. The molecule has 1 atom stereocenters. The first-order valence-corrected chi connectivity index (χ1v) is 11.9. The number of ether oxygens (including phenoxy) is 1. The second-order valence-corrected chi connectivity index (χ2v) is 9.67. The number of nitrogens with zero attached hydrogens (tertiary/aromatic N) is 4. The third-order valence-electron chi connectivity index (χ3n) is 8.22. The Kier molecular flexibility index (Phi) is 2.47. The molecule has 5 heteroatoms. The van der Waals surface area contributed by atoms with Gasteiger partial charge in [-0.1, -0.05) is 12.1 Å². The highest BCUT2D eigenvalue weighted by Crippen LogP contribution is 2.55. The Morgan fingerprint density at radius 1 is 0.771 bits per heavy atom. The molecule has 0 N–H and O–H groups in total. The lowest BCUT2D eigenvalue weighted by Gasteiger charge is -2.33. The lowest BCUT2D eigenvalue weighted by molar-refractivity contribution is -0.954. The summed E-state index contributed by atoms with van der Waals surface area (Å²) in [7, 11) is 0. The van der Waals surface area contributed by atoms with Crippen molar-refractivity contribution in [1.82, 2.24) is 9.38 Å². The van der Waals surface area contributed by atoms with Gasteiger partial charge in [-0.05, 0) is 48.5 Å². The lowest BCUT2D eigenvalue weighted by Crippen LogP contribution is -2.74. The first kappa shape index (κ1) is 16.8. The molecule has 2 aromatic carbocycles. The molecule has 10 rings (SSSR count). The van der Waals surface area contributed by atoms with Gasteiger partial charge in [0.25, 0.3) is 0 Å². The number of benzene rings is 2. The van der Waals surface area contributed by atoms with Gasteiger partial charge < -0.3 is 4.74 Å². The van der Waals surface area contributed by atoms with Gasteiger partial charge in [-0.15, -0.1) is 4.57 Å². The molecule has 0 bridgehead atoms. The Hall–Kier alpha value is -4.77. The predicted molar refractivity (Wildman–Crippen MR) is 132 cm³/mol. The molecule has 160 valence electrons. The maximum atomic E-state index is 6.68. The smallest absolute Gasteiger partial charge is 0.374 e. The maximum Gasteiger partial charge on any atom is 0.374 e. The topological polar surface area (TPSA) is 34.3 Å². The van der Waals surface area contributed by atoms with Crippen LogP contribution < -0.4 is 13.9 Å². The van der Waals surface area contributed by atoms with Crippen LogP contribution in [0.3, 0.4) is 0 Å². The summed E-state index contributed by atoms with van der Waals surface area (Å²) in [6.07, 6.45) is 6.33. The van der Waals surface area contributed by atoms with Crippen molar-refractivity contribution in [3.8, 4) is 22.8 Å². The molecule has 3 aliphatic heterocycles. The molecule has 3 aliphatic rings. The van der Waals surface area contributed by atoms with Gasteiger partial charge in [-0.2, -0.15) is 8.97 Å². The van der Waals surface area contributed by atoms with E-state index in [1.54, 1.807) is 0 Å². The fraction of sp³-hybridized carbons (Fsp3) is 0.0333. The molecule has 5 nitrogen and oxygen atoms in total. The first-order chi connectivity index (χ1) is 17.4. The minimum absolute atomic E-state index is 0.577. The van der Waals surface area contributed by atoms with E-state index in [9.17, 15) is 0 Å². The highest BCUT2D eigenvalue weighted by atomic mass is 16.5. The predicted octanol–water partition coefficient (Wildman–Crippen LogP) is 5.07. The number of hydrogen-bond acceptors (Lipinski definition) is 2. The van der Waals surface area contributed by atoms with E-state index in [-0.39, 0.29) is 0 Å². The van der Waals surface area contributed by atoms with Crippen LogP contribution in [0, 0.1) is 0 Å². The van der Waals surface area contributed by atoms with Crippen LogP contribution in [0.2, 0.25) is 0 Å². The maximum absolute atomic E-state index is 6.68. The minimum Gasteiger partial charge on any atom is -0.456 e. The third-order valence-corrected chi connectivity index (χ3v) is 8.22. The highest BCUT2D eigenvalue weighted by molar-refractivity contribution is 6.15. The summed E-state index contributed by atoms with van der Waals surface area (Å²) in [6.45, 7) is 0. The van der Waals surface area contributed by atoms with E-state index in [1.807, 2.05) is 12.3 Å². The molecular formula is C30H16N4O+2. The summed E-state index contributed by atoms with van der Waals surface area (Å²) in [4.78, 5) is 4.83. The van der Waals surface area contributed by atoms with Gasteiger partial charge in [0, 0.05) is 35.2 Å². The fourth-order valence-electron chi connectivity index (χ4n) is 7.10. The molecule has 1 spiro atoms. The van der Waals surface area contributed by atoms with E-state index in [0.29, 0.717) is 0 Å². The first-order valence-electron chi connectivity index (χ1n) is 11.9. The largest absolute Gasteiger partial charge is 0.456 e. The highest BCUT2D eigenvalue weighted by Gasteiger charge is 2.66. The van der Waals surface area contributed by atoms with Crippen LogP contribution in [0.25, 0.3) is 49.6 Å².